The number of rotatable bonds is 10. The number of carbonyl (C=O) groups excluding carboxylic acids is 4. The van der Waals surface area contributed by atoms with Crippen LogP contribution < -0.4 is 21.2 Å². The summed E-state index contributed by atoms with van der Waals surface area (Å²) in [5, 5.41) is 18.0. The highest BCUT2D eigenvalue weighted by Gasteiger charge is 2.36. The van der Waals surface area contributed by atoms with Gasteiger partial charge in [-0.3, -0.25) is 19.4 Å². The van der Waals surface area contributed by atoms with Gasteiger partial charge in [0.25, 0.3) is 5.91 Å². The van der Waals surface area contributed by atoms with Crippen LogP contribution in [0.4, 0.5) is 0 Å². The van der Waals surface area contributed by atoms with Gasteiger partial charge in [0.15, 0.2) is 0 Å². The van der Waals surface area contributed by atoms with Crippen LogP contribution in [0.3, 0.4) is 0 Å². The third-order valence-corrected chi connectivity index (χ3v) is 5.69. The van der Waals surface area contributed by atoms with Crippen LogP contribution in [-0.2, 0) is 23.9 Å². The van der Waals surface area contributed by atoms with Crippen molar-refractivity contribution in [1.82, 2.24) is 21.1 Å². The van der Waals surface area contributed by atoms with Crippen molar-refractivity contribution in [2.45, 2.75) is 78.1 Å². The lowest BCUT2D eigenvalue weighted by Gasteiger charge is -2.42. The van der Waals surface area contributed by atoms with E-state index in [0.717, 1.165) is 0 Å². The zero-order valence-electron chi connectivity index (χ0n) is 20.1. The number of ether oxygens (including phenoxy) is 1. The summed E-state index contributed by atoms with van der Waals surface area (Å²) in [6, 6.07) is -1.78. The van der Waals surface area contributed by atoms with Crippen molar-refractivity contribution < 1.29 is 29.0 Å². The molecule has 3 amide bonds. The highest BCUT2D eigenvalue weighted by Crippen LogP contribution is 2.18. The Bertz CT molecular complexity index is 725. The van der Waals surface area contributed by atoms with E-state index in [2.05, 4.69) is 16.1 Å². The maximum atomic E-state index is 12.9. The van der Waals surface area contributed by atoms with Gasteiger partial charge in [-0.15, -0.1) is 0 Å². The van der Waals surface area contributed by atoms with E-state index < -0.39 is 47.4 Å². The Kier molecular flexibility index (Phi) is 10.3. The molecule has 32 heavy (non-hydrogen) atoms. The largest absolute Gasteiger partial charge is 0.548 e. The first-order valence-corrected chi connectivity index (χ1v) is 10.9. The van der Waals surface area contributed by atoms with Gasteiger partial charge in [0, 0.05) is 13.7 Å². The number of hydrogen-bond acceptors (Lipinski definition) is 7. The second-order valence-corrected chi connectivity index (χ2v) is 8.80. The maximum absolute atomic E-state index is 12.9. The fourth-order valence-electron chi connectivity index (χ4n) is 3.52. The Morgan fingerprint density at radius 1 is 1.12 bits per heavy atom. The summed E-state index contributed by atoms with van der Waals surface area (Å²) >= 11 is 0. The smallest absolute Gasteiger partial charge is 0.258 e. The number of allylic oxidation sites excluding steroid dienone is 1. The molecule has 5 atom stereocenters. The van der Waals surface area contributed by atoms with Gasteiger partial charge in [-0.2, -0.15) is 0 Å². The molecule has 0 spiro atoms. The third kappa shape index (κ3) is 7.03. The van der Waals surface area contributed by atoms with Crippen molar-refractivity contribution >= 4 is 23.7 Å². The molecular weight excluding hydrogens is 416 g/mol. The average molecular weight is 454 g/mol. The molecule has 1 aliphatic rings. The average Bonchev–Trinajstić information content (AvgIpc) is 2.73. The molecule has 1 rings (SSSR count). The van der Waals surface area contributed by atoms with Crippen LogP contribution in [-0.4, -0.2) is 66.1 Å². The molecule has 0 aliphatic carbocycles. The zero-order valence-corrected chi connectivity index (χ0v) is 20.1. The molecule has 3 N–H and O–H groups in total. The molecule has 10 nitrogen and oxygen atoms in total. The summed E-state index contributed by atoms with van der Waals surface area (Å²) in [6.07, 6.45) is 3.94. The van der Waals surface area contributed by atoms with Crippen molar-refractivity contribution in [3.8, 4) is 0 Å². The third-order valence-electron chi connectivity index (χ3n) is 5.69. The molecule has 0 aromatic rings. The van der Waals surface area contributed by atoms with Gasteiger partial charge >= 0.3 is 0 Å². The Morgan fingerprint density at radius 3 is 2.25 bits per heavy atom. The number of carbonyl (C=O) groups is 4. The standard InChI is InChI=1S/C22H38N4O6/c1-8-10-16(32-7)14(4)18(27)24-17(13(2)3)19(28)23-15(5)20(29)26-12-9-11-22(6,25-26)21(30)31/h8,10,13-17,25H,9,11-12H2,1-7H3,(H,23,28)(H,24,27)(H,30,31)/p-1/b10-8+. The minimum Gasteiger partial charge on any atom is -0.548 e. The summed E-state index contributed by atoms with van der Waals surface area (Å²) in [7, 11) is 1.51. The molecule has 0 aromatic carbocycles. The van der Waals surface area contributed by atoms with Crippen molar-refractivity contribution in [3.05, 3.63) is 12.2 Å². The van der Waals surface area contributed by atoms with Crippen LogP contribution in [0.15, 0.2) is 12.2 Å². The van der Waals surface area contributed by atoms with Crippen LogP contribution in [0.1, 0.15) is 54.4 Å². The summed E-state index contributed by atoms with van der Waals surface area (Å²) in [5.74, 6) is -3.36. The van der Waals surface area contributed by atoms with E-state index in [9.17, 15) is 24.3 Å². The predicted octanol–water partition coefficient (Wildman–Crippen LogP) is -0.505. The molecule has 1 saturated heterocycles. The van der Waals surface area contributed by atoms with Gasteiger partial charge in [-0.25, -0.2) is 5.43 Å². The zero-order chi connectivity index (χ0) is 24.6. The van der Waals surface area contributed by atoms with Crippen LogP contribution in [0.2, 0.25) is 0 Å². The molecule has 0 saturated carbocycles. The van der Waals surface area contributed by atoms with Crippen LogP contribution in [0.5, 0.6) is 0 Å². The monoisotopic (exact) mass is 453 g/mol. The Labute approximate surface area is 190 Å². The highest BCUT2D eigenvalue weighted by atomic mass is 16.5. The molecule has 1 heterocycles. The number of methoxy groups -OCH3 is 1. The Hall–Kier alpha value is -2.46. The second kappa shape index (κ2) is 12.0. The number of hydrogen-bond donors (Lipinski definition) is 3. The normalized spacial score (nSPS) is 22.8. The van der Waals surface area contributed by atoms with Crippen molar-refractivity contribution in [2.24, 2.45) is 11.8 Å². The molecule has 10 heteroatoms. The van der Waals surface area contributed by atoms with Gasteiger partial charge in [0.1, 0.15) is 12.1 Å². The van der Waals surface area contributed by atoms with Crippen LogP contribution in [0, 0.1) is 11.8 Å². The SMILES string of the molecule is C/C=C/C(OC)C(C)C(=O)NC(C(=O)NC(C)C(=O)N1CCCC(C)(C(=O)[O-])N1)C(C)C. The van der Waals surface area contributed by atoms with Crippen molar-refractivity contribution in [3.63, 3.8) is 0 Å². The molecule has 0 radical (unpaired) electrons. The second-order valence-electron chi connectivity index (χ2n) is 8.80. The number of carboxylic acid groups (broad SMARTS) is 1. The van der Waals surface area contributed by atoms with E-state index in [1.165, 1.54) is 26.0 Å². The first-order chi connectivity index (χ1) is 14.9. The van der Waals surface area contributed by atoms with E-state index in [-0.39, 0.29) is 11.8 Å². The van der Waals surface area contributed by atoms with E-state index in [1.807, 2.05) is 6.92 Å². The van der Waals surface area contributed by atoms with E-state index in [0.29, 0.717) is 19.4 Å². The topological polar surface area (TPSA) is 140 Å². The lowest BCUT2D eigenvalue weighted by Crippen LogP contribution is -2.67. The molecule has 0 bridgehead atoms. The number of amides is 3. The lowest BCUT2D eigenvalue weighted by molar-refractivity contribution is -0.316. The molecular formula is C22H37N4O6-. The Morgan fingerprint density at radius 2 is 1.75 bits per heavy atom. The van der Waals surface area contributed by atoms with Gasteiger partial charge in [0.05, 0.1) is 23.5 Å². The molecule has 5 unspecified atom stereocenters. The summed E-state index contributed by atoms with van der Waals surface area (Å²) in [4.78, 5) is 49.7. The maximum Gasteiger partial charge on any atom is 0.258 e. The minimum atomic E-state index is -1.35. The first kappa shape index (κ1) is 27.6. The molecule has 182 valence electrons. The number of nitrogens with one attached hydrogen (secondary N) is 3. The van der Waals surface area contributed by atoms with E-state index >= 15 is 0 Å². The van der Waals surface area contributed by atoms with E-state index in [4.69, 9.17) is 4.74 Å². The van der Waals surface area contributed by atoms with Gasteiger partial charge in [-0.1, -0.05) is 32.9 Å². The Balaban J connectivity index is 2.82. The highest BCUT2D eigenvalue weighted by molar-refractivity contribution is 5.92. The number of carboxylic acids is 1. The van der Waals surface area contributed by atoms with Gasteiger partial charge < -0.3 is 25.3 Å². The fourth-order valence-corrected chi connectivity index (χ4v) is 3.52. The summed E-state index contributed by atoms with van der Waals surface area (Å²) in [5.41, 5.74) is 1.34. The fraction of sp³-hybridized carbons (Fsp3) is 0.727. The van der Waals surface area contributed by atoms with E-state index in [1.54, 1.807) is 32.9 Å². The predicted molar refractivity (Wildman–Crippen MR) is 117 cm³/mol. The van der Waals surface area contributed by atoms with Crippen molar-refractivity contribution in [1.29, 1.82) is 0 Å². The summed E-state index contributed by atoms with van der Waals surface area (Å²) < 4.78 is 5.32. The molecule has 1 fully saturated rings. The van der Waals surface area contributed by atoms with Crippen molar-refractivity contribution in [2.75, 3.05) is 13.7 Å². The van der Waals surface area contributed by atoms with Gasteiger partial charge in [-0.05, 0) is 39.5 Å². The molecule has 0 aromatic heterocycles. The van der Waals surface area contributed by atoms with Crippen LogP contribution in [0.25, 0.3) is 0 Å². The molecule has 1 aliphatic heterocycles. The minimum absolute atomic E-state index is 0.231. The number of aliphatic carboxylic acids is 1. The quantitative estimate of drug-likeness (QED) is 0.379. The summed E-state index contributed by atoms with van der Waals surface area (Å²) in [6.45, 7) is 10.4. The number of hydrazine groups is 1. The van der Waals surface area contributed by atoms with Gasteiger partial charge in [0.2, 0.25) is 11.8 Å². The number of nitrogens with zero attached hydrogens (tertiary/aromatic N) is 1. The first-order valence-electron chi connectivity index (χ1n) is 10.9. The lowest BCUT2D eigenvalue weighted by atomic mass is 9.94. The van der Waals surface area contributed by atoms with Crippen LogP contribution >= 0.6 is 0 Å².